The number of aromatic nitrogens is 1. The normalized spacial score (nSPS) is 16.7. The van der Waals surface area contributed by atoms with Gasteiger partial charge >= 0.3 is 162 Å². The Morgan fingerprint density at radius 3 is 2.92 bits per heavy atom. The van der Waals surface area contributed by atoms with E-state index in [0.717, 1.165) is 17.6 Å². The van der Waals surface area contributed by atoms with E-state index in [9.17, 15) is 4.39 Å². The quantitative estimate of drug-likeness (QED) is 0.420. The third-order valence-corrected chi connectivity index (χ3v) is 8.19. The van der Waals surface area contributed by atoms with Gasteiger partial charge in [-0.2, -0.15) is 0 Å². The summed E-state index contributed by atoms with van der Waals surface area (Å²) in [5, 5.41) is 3.46. The fraction of sp³-hybridized carbons (Fsp3) is 0.316. The Kier molecular flexibility index (Phi) is 4.92. The molecular weight excluding hydrogens is 448 g/mol. The number of hydrogen-bond acceptors (Lipinski definition) is 4. The number of pyridine rings is 1. The molecule has 3 heterocycles. The molecule has 3 aromatic rings. The van der Waals surface area contributed by atoms with Gasteiger partial charge in [-0.15, -0.1) is 0 Å². The van der Waals surface area contributed by atoms with Crippen LogP contribution in [-0.4, -0.2) is 16.0 Å². The second kappa shape index (κ2) is 7.17. The van der Waals surface area contributed by atoms with Crippen LogP contribution >= 0.6 is 11.3 Å². The summed E-state index contributed by atoms with van der Waals surface area (Å²) in [5.74, 6) is -0.167. The number of aryl methyl sites for hydroxylation is 1. The Labute approximate surface area is 161 Å². The molecule has 2 aromatic heterocycles. The van der Waals surface area contributed by atoms with E-state index in [0.29, 0.717) is 22.6 Å². The van der Waals surface area contributed by atoms with Crippen LogP contribution in [0.2, 0.25) is 0 Å². The van der Waals surface area contributed by atoms with Gasteiger partial charge in [-0.25, -0.2) is 0 Å². The molecule has 1 aromatic carbocycles. The van der Waals surface area contributed by atoms with Crippen molar-refractivity contribution in [3.8, 4) is 0 Å². The van der Waals surface area contributed by atoms with Crippen molar-refractivity contribution >= 4 is 27.2 Å². The number of nitrogens with one attached hydrogen (secondary N) is 1. The van der Waals surface area contributed by atoms with E-state index in [1.54, 1.807) is 17.4 Å². The Morgan fingerprint density at radius 1 is 1.40 bits per heavy atom. The Morgan fingerprint density at radius 2 is 2.20 bits per heavy atom. The Balaban J connectivity index is 1.73. The molecule has 0 radical (unpaired) electrons. The number of halogens is 2. The topological polar surface area (TPSA) is 50.9 Å². The molecule has 0 aliphatic carbocycles. The molecule has 0 spiro atoms. The molecule has 0 amide bonds. The first-order valence-electron chi connectivity index (χ1n) is 8.35. The number of rotatable bonds is 6. The number of nitrogens with two attached hydrogens (primary N) is 1. The second-order valence-electron chi connectivity index (χ2n) is 6.18. The van der Waals surface area contributed by atoms with Gasteiger partial charge in [0, 0.05) is 0 Å². The molecule has 0 saturated carbocycles. The van der Waals surface area contributed by atoms with Crippen LogP contribution in [0, 0.1) is 12.7 Å². The zero-order chi connectivity index (χ0) is 17.4. The summed E-state index contributed by atoms with van der Waals surface area (Å²) in [5.41, 5.74) is 11.1. The number of nitrogens with zero attached hydrogens (tertiary/aromatic N) is 1. The molecule has 4 rings (SSSR count). The maximum absolute atomic E-state index is 13.9. The Hall–Kier alpha value is -1.25. The summed E-state index contributed by atoms with van der Waals surface area (Å²) in [6, 6.07) is 9.11. The standard InChI is InChI=1S/C19H20FIN3S/c1-11-17(6-7-22)25-19-16(8-15(14-9-21-14)24-18(11)19)23-10-12-4-2-3-5-13(12)20/h2-5,8,14H,6-7,9-10,22H2,1H3,(H,23,24)/q-1. The molecular formula is C19H20FIN3S-. The van der Waals surface area contributed by atoms with Crippen molar-refractivity contribution in [3.63, 3.8) is 0 Å². The van der Waals surface area contributed by atoms with E-state index in [1.807, 2.05) is 12.1 Å². The van der Waals surface area contributed by atoms with Crippen LogP contribution in [0.15, 0.2) is 30.3 Å². The van der Waals surface area contributed by atoms with Crippen molar-refractivity contribution in [2.75, 3.05) is 16.3 Å². The first kappa shape index (κ1) is 17.2. The van der Waals surface area contributed by atoms with E-state index in [-0.39, 0.29) is 27.0 Å². The van der Waals surface area contributed by atoms with Crippen LogP contribution in [0.3, 0.4) is 0 Å². The van der Waals surface area contributed by atoms with E-state index >= 15 is 0 Å². The molecule has 3 nitrogen and oxygen atoms in total. The van der Waals surface area contributed by atoms with Crippen LogP contribution in [0.1, 0.15) is 25.6 Å². The van der Waals surface area contributed by atoms with Crippen molar-refractivity contribution < 1.29 is 25.6 Å². The van der Waals surface area contributed by atoms with Crippen LogP contribution in [0.4, 0.5) is 10.1 Å². The number of alkyl halides is 2. The molecule has 1 unspecified atom stereocenters. The van der Waals surface area contributed by atoms with Gasteiger partial charge in [0.05, 0.1) is 0 Å². The van der Waals surface area contributed by atoms with Crippen molar-refractivity contribution in [2.45, 2.75) is 23.8 Å². The molecule has 1 aliphatic rings. The van der Waals surface area contributed by atoms with Crippen LogP contribution in [0.5, 0.6) is 0 Å². The van der Waals surface area contributed by atoms with Crippen molar-refractivity contribution in [1.29, 1.82) is 0 Å². The van der Waals surface area contributed by atoms with E-state index < -0.39 is 0 Å². The van der Waals surface area contributed by atoms with E-state index in [1.165, 1.54) is 31.3 Å². The summed E-state index contributed by atoms with van der Waals surface area (Å²) in [6.45, 7) is 3.27. The number of thiophene rings is 1. The summed E-state index contributed by atoms with van der Waals surface area (Å²) in [6.07, 6.45) is 0.880. The van der Waals surface area contributed by atoms with Crippen LogP contribution in [0.25, 0.3) is 10.2 Å². The average molecular weight is 468 g/mol. The molecule has 1 fully saturated rings. The summed E-state index contributed by atoms with van der Waals surface area (Å²) in [7, 11) is 0. The third kappa shape index (κ3) is 3.52. The first-order chi connectivity index (χ1) is 12.2. The number of benzene rings is 1. The summed E-state index contributed by atoms with van der Waals surface area (Å²) < 4.78 is 17.1. The predicted molar refractivity (Wildman–Crippen MR) is 98.5 cm³/mol. The van der Waals surface area contributed by atoms with Gasteiger partial charge in [-0.3, -0.25) is 0 Å². The maximum atomic E-state index is 13.9. The predicted octanol–water partition coefficient (Wildman–Crippen LogP) is 1.00. The van der Waals surface area contributed by atoms with Crippen LogP contribution < -0.4 is 32.3 Å². The Bertz CT molecular complexity index is 920. The van der Waals surface area contributed by atoms with Crippen LogP contribution in [-0.2, 0) is 13.0 Å². The van der Waals surface area contributed by atoms with Gasteiger partial charge in [-0.05, 0) is 0 Å². The van der Waals surface area contributed by atoms with Crippen molar-refractivity contribution in [2.24, 2.45) is 5.73 Å². The van der Waals surface area contributed by atoms with Gasteiger partial charge in [0.25, 0.3) is 0 Å². The molecule has 25 heavy (non-hydrogen) atoms. The van der Waals surface area contributed by atoms with Gasteiger partial charge in [-0.1, -0.05) is 0 Å². The van der Waals surface area contributed by atoms with E-state index in [4.69, 9.17) is 10.7 Å². The molecule has 6 heteroatoms. The molecule has 1 saturated heterocycles. The van der Waals surface area contributed by atoms with Gasteiger partial charge in [0.1, 0.15) is 0 Å². The monoisotopic (exact) mass is 468 g/mol. The molecule has 1 aliphatic heterocycles. The molecule has 132 valence electrons. The SMILES string of the molecule is Cc1c(CCN)sc2c(NCc3ccccc3F)cc(C3C[I-]3)nc12. The van der Waals surface area contributed by atoms with Gasteiger partial charge < -0.3 is 0 Å². The number of anilines is 1. The fourth-order valence-corrected chi connectivity index (χ4v) is 5.67. The average Bonchev–Trinajstić information content (AvgIpc) is 3.41. The zero-order valence-electron chi connectivity index (χ0n) is 14.0. The first-order valence-corrected chi connectivity index (χ1v) is 11.9. The zero-order valence-corrected chi connectivity index (χ0v) is 17.0. The molecule has 3 N–H and O–H groups in total. The minimum absolute atomic E-state index is 0.167. The third-order valence-electron chi connectivity index (χ3n) is 4.42. The van der Waals surface area contributed by atoms with Gasteiger partial charge in [0.15, 0.2) is 0 Å². The minimum atomic E-state index is -0.167. The molecule has 0 bridgehead atoms. The van der Waals surface area contributed by atoms with Crippen molar-refractivity contribution in [1.82, 2.24) is 4.98 Å². The summed E-state index contributed by atoms with van der Waals surface area (Å²) in [4.78, 5) is 6.26. The van der Waals surface area contributed by atoms with Crippen molar-refractivity contribution in [3.05, 3.63) is 57.8 Å². The number of fused-ring (bicyclic) bond motifs is 1. The number of hydrogen-bond donors (Lipinski definition) is 2. The summed E-state index contributed by atoms with van der Waals surface area (Å²) >= 11 is 2.05. The molecule has 1 atom stereocenters. The van der Waals surface area contributed by atoms with E-state index in [2.05, 4.69) is 18.3 Å². The second-order valence-corrected chi connectivity index (χ2v) is 10.6. The fourth-order valence-electron chi connectivity index (χ4n) is 2.94. The van der Waals surface area contributed by atoms with Gasteiger partial charge in [0.2, 0.25) is 0 Å².